The van der Waals surface area contributed by atoms with E-state index < -0.39 is 23.5 Å². The average molecular weight is 462 g/mol. The van der Waals surface area contributed by atoms with Crippen LogP contribution in [0.5, 0.6) is 0 Å². The molecule has 0 spiro atoms. The fraction of sp³-hybridized carbons (Fsp3) is 0.522. The van der Waals surface area contributed by atoms with Crippen molar-refractivity contribution in [2.24, 2.45) is 0 Å². The molecule has 0 aliphatic carbocycles. The van der Waals surface area contributed by atoms with Crippen LogP contribution in [0.2, 0.25) is 0 Å². The maximum absolute atomic E-state index is 13.0. The lowest BCUT2D eigenvalue weighted by atomic mass is 10.0. The number of amides is 3. The van der Waals surface area contributed by atoms with Crippen LogP contribution in [0.4, 0.5) is 5.69 Å². The summed E-state index contributed by atoms with van der Waals surface area (Å²) in [6.45, 7) is 6.20. The van der Waals surface area contributed by atoms with Gasteiger partial charge in [-0.15, -0.1) is 0 Å². The average Bonchev–Trinajstić information content (AvgIpc) is 2.73. The molecule has 1 unspecified atom stereocenters. The Labute approximate surface area is 193 Å². The molecule has 1 heterocycles. The smallest absolute Gasteiger partial charge is 0.308 e. The number of piperidine rings is 1. The van der Waals surface area contributed by atoms with Gasteiger partial charge in [0.2, 0.25) is 11.8 Å². The van der Waals surface area contributed by atoms with Crippen LogP contribution >= 0.6 is 0 Å². The molecule has 2 rings (SSSR count). The van der Waals surface area contributed by atoms with Gasteiger partial charge in [-0.05, 0) is 39.3 Å². The molecule has 1 aliphatic heterocycles. The molecular weight excluding hydrogens is 430 g/mol. The zero-order valence-electron chi connectivity index (χ0n) is 19.4. The first-order chi connectivity index (χ1) is 15.5. The Morgan fingerprint density at radius 3 is 2.61 bits per heavy atom. The minimum atomic E-state index is -0.787. The number of ether oxygens (including phenoxy) is 2. The minimum Gasteiger partial charge on any atom is -0.460 e. The molecule has 1 saturated heterocycles. The Balaban J connectivity index is 1.92. The number of hydrogen-bond donors (Lipinski definition) is 2. The quantitative estimate of drug-likeness (QED) is 0.232. The summed E-state index contributed by atoms with van der Waals surface area (Å²) in [5.74, 6) is -1.74. The van der Waals surface area contributed by atoms with Gasteiger partial charge in [-0.2, -0.15) is 0 Å². The van der Waals surface area contributed by atoms with Crippen LogP contribution in [-0.4, -0.2) is 73.3 Å². The molecule has 1 fully saturated rings. The number of rotatable bonds is 10. The molecule has 2 N–H and O–H groups in total. The summed E-state index contributed by atoms with van der Waals surface area (Å²) in [4.78, 5) is 61.1. The van der Waals surface area contributed by atoms with Gasteiger partial charge < -0.3 is 19.7 Å². The molecule has 0 saturated carbocycles. The zero-order chi connectivity index (χ0) is 24.6. The van der Waals surface area contributed by atoms with Crippen LogP contribution in [0.3, 0.4) is 0 Å². The zero-order valence-corrected chi connectivity index (χ0v) is 19.4. The van der Waals surface area contributed by atoms with E-state index in [1.54, 1.807) is 32.9 Å². The molecular formula is C23H31N3O7. The lowest BCUT2D eigenvalue weighted by Gasteiger charge is -2.30. The monoisotopic (exact) mass is 461 g/mol. The maximum atomic E-state index is 13.0. The number of esters is 1. The van der Waals surface area contributed by atoms with Gasteiger partial charge in [0.1, 0.15) is 11.6 Å². The van der Waals surface area contributed by atoms with E-state index in [0.717, 1.165) is 0 Å². The molecule has 10 nitrogen and oxygen atoms in total. The largest absolute Gasteiger partial charge is 0.460 e. The second kappa shape index (κ2) is 11.6. The van der Waals surface area contributed by atoms with Crippen molar-refractivity contribution in [3.63, 3.8) is 0 Å². The number of nitrogens with zero attached hydrogens (tertiary/aromatic N) is 1. The number of likely N-dealkylation sites (N-methyl/N-ethyl adjacent to an activating group) is 1. The first-order valence-corrected chi connectivity index (χ1v) is 10.8. The van der Waals surface area contributed by atoms with Gasteiger partial charge in [-0.1, -0.05) is 6.07 Å². The molecule has 33 heavy (non-hydrogen) atoms. The van der Waals surface area contributed by atoms with Crippen LogP contribution in [0.1, 0.15) is 60.7 Å². The fourth-order valence-corrected chi connectivity index (χ4v) is 3.32. The maximum Gasteiger partial charge on any atom is 0.308 e. The van der Waals surface area contributed by atoms with Gasteiger partial charge in [-0.25, -0.2) is 0 Å². The number of anilines is 1. The van der Waals surface area contributed by atoms with E-state index >= 15 is 0 Å². The van der Waals surface area contributed by atoms with Crippen molar-refractivity contribution in [3.8, 4) is 0 Å². The van der Waals surface area contributed by atoms with Gasteiger partial charge in [-0.3, -0.25) is 29.3 Å². The molecule has 1 aromatic carbocycles. The molecule has 3 amide bonds. The highest BCUT2D eigenvalue weighted by Crippen LogP contribution is 2.21. The normalized spacial score (nSPS) is 16.1. The van der Waals surface area contributed by atoms with E-state index in [2.05, 4.69) is 10.6 Å². The third-order valence-corrected chi connectivity index (χ3v) is 4.88. The summed E-state index contributed by atoms with van der Waals surface area (Å²) >= 11 is 0. The van der Waals surface area contributed by atoms with E-state index in [1.165, 1.54) is 18.0 Å². The third kappa shape index (κ3) is 7.67. The molecule has 0 bridgehead atoms. The summed E-state index contributed by atoms with van der Waals surface area (Å²) in [5, 5.41) is 5.27. The first-order valence-electron chi connectivity index (χ1n) is 10.8. The number of hydrogen-bond acceptors (Lipinski definition) is 8. The molecule has 1 aromatic rings. The highest BCUT2D eigenvalue weighted by molar-refractivity contribution is 6.07. The predicted molar refractivity (Wildman–Crippen MR) is 120 cm³/mol. The Morgan fingerprint density at radius 2 is 1.97 bits per heavy atom. The van der Waals surface area contributed by atoms with Gasteiger partial charge in [0, 0.05) is 25.7 Å². The Bertz CT molecular complexity index is 908. The lowest BCUT2D eigenvalue weighted by molar-refractivity contribution is -0.156. The van der Waals surface area contributed by atoms with Crippen LogP contribution < -0.4 is 10.6 Å². The second-order valence-corrected chi connectivity index (χ2v) is 8.64. The second-order valence-electron chi connectivity index (χ2n) is 8.64. The SMILES string of the molecule is CN(C(=O)c1cccc(NCCOCCC(=O)OC(C)(C)C)c1C=O)C1CCC(=O)NC1=O. The van der Waals surface area contributed by atoms with E-state index in [1.807, 2.05) is 0 Å². The van der Waals surface area contributed by atoms with E-state index in [-0.39, 0.29) is 55.5 Å². The molecule has 0 aromatic heterocycles. The third-order valence-electron chi connectivity index (χ3n) is 4.88. The summed E-state index contributed by atoms with van der Waals surface area (Å²) in [5.41, 5.74) is 0.213. The highest BCUT2D eigenvalue weighted by Gasteiger charge is 2.33. The van der Waals surface area contributed by atoms with Crippen molar-refractivity contribution in [2.45, 2.75) is 51.7 Å². The van der Waals surface area contributed by atoms with Crippen molar-refractivity contribution >= 4 is 35.7 Å². The Kier molecular flexibility index (Phi) is 9.10. The summed E-state index contributed by atoms with van der Waals surface area (Å²) in [6, 6.07) is 4.01. The van der Waals surface area contributed by atoms with Crippen LogP contribution in [0, 0.1) is 0 Å². The first kappa shape index (κ1) is 26.0. The molecule has 0 radical (unpaired) electrons. The van der Waals surface area contributed by atoms with Gasteiger partial charge in [0.05, 0.1) is 30.8 Å². The number of imide groups is 1. The molecule has 10 heteroatoms. The van der Waals surface area contributed by atoms with Crippen molar-refractivity contribution in [2.75, 3.05) is 32.1 Å². The number of aldehydes is 1. The highest BCUT2D eigenvalue weighted by atomic mass is 16.6. The Morgan fingerprint density at radius 1 is 1.24 bits per heavy atom. The fourth-order valence-electron chi connectivity index (χ4n) is 3.32. The molecule has 1 aliphatic rings. The molecule has 1 atom stereocenters. The van der Waals surface area contributed by atoms with Crippen LogP contribution in [0.15, 0.2) is 18.2 Å². The summed E-state index contributed by atoms with van der Waals surface area (Å²) in [6.07, 6.45) is 1.08. The summed E-state index contributed by atoms with van der Waals surface area (Å²) in [7, 11) is 1.47. The van der Waals surface area contributed by atoms with Gasteiger partial charge >= 0.3 is 5.97 Å². The van der Waals surface area contributed by atoms with Crippen molar-refractivity contribution in [3.05, 3.63) is 29.3 Å². The van der Waals surface area contributed by atoms with Crippen molar-refractivity contribution < 1.29 is 33.4 Å². The van der Waals surface area contributed by atoms with E-state index in [9.17, 15) is 24.0 Å². The minimum absolute atomic E-state index is 0.132. The number of carbonyl (C=O) groups excluding carboxylic acids is 5. The van der Waals surface area contributed by atoms with Crippen LogP contribution in [0.25, 0.3) is 0 Å². The van der Waals surface area contributed by atoms with Crippen molar-refractivity contribution in [1.82, 2.24) is 10.2 Å². The van der Waals surface area contributed by atoms with Crippen LogP contribution in [-0.2, 0) is 23.9 Å². The number of benzene rings is 1. The standard InChI is InChI=1S/C23H31N3O7/c1-23(2,3)33-20(29)10-12-32-13-11-24-17-7-5-6-15(16(17)14-27)22(31)26(4)18-8-9-19(28)25-21(18)30/h5-7,14,18,24H,8-13H2,1-4H3,(H,25,28,30). The van der Waals surface area contributed by atoms with Gasteiger partial charge in [0.25, 0.3) is 5.91 Å². The molecule has 180 valence electrons. The predicted octanol–water partition coefficient (Wildman–Crippen LogP) is 1.54. The lowest BCUT2D eigenvalue weighted by Crippen LogP contribution is -2.53. The number of nitrogens with one attached hydrogen (secondary N) is 2. The van der Waals surface area contributed by atoms with E-state index in [0.29, 0.717) is 18.5 Å². The van der Waals surface area contributed by atoms with Crippen molar-refractivity contribution in [1.29, 1.82) is 0 Å². The number of carbonyl (C=O) groups is 5. The summed E-state index contributed by atoms with van der Waals surface area (Å²) < 4.78 is 10.6. The van der Waals surface area contributed by atoms with Gasteiger partial charge in [0.15, 0.2) is 6.29 Å². The topological polar surface area (TPSA) is 131 Å². The van der Waals surface area contributed by atoms with E-state index in [4.69, 9.17) is 9.47 Å². The Hall–Kier alpha value is -3.27.